The summed E-state index contributed by atoms with van der Waals surface area (Å²) in [5.41, 5.74) is 4.29. The highest BCUT2D eigenvalue weighted by Crippen LogP contribution is 2.28. The number of nitrogens with zero attached hydrogens (tertiary/aromatic N) is 4. The SMILES string of the molecule is CC(=O)OCCCOC(=O)c1cccc(-c2nc(-c3cccc(-c4noc(-c5cccc(C)c5)n4)c3)no2)c1. The Morgan fingerprint density at radius 1 is 0.718 bits per heavy atom. The monoisotopic (exact) mass is 524 g/mol. The Morgan fingerprint density at radius 2 is 1.28 bits per heavy atom. The van der Waals surface area contributed by atoms with Gasteiger partial charge in [0.05, 0.1) is 18.8 Å². The third kappa shape index (κ3) is 6.24. The highest BCUT2D eigenvalue weighted by atomic mass is 16.5. The second-order valence-corrected chi connectivity index (χ2v) is 8.71. The van der Waals surface area contributed by atoms with Gasteiger partial charge >= 0.3 is 11.9 Å². The molecule has 0 aliphatic carbocycles. The summed E-state index contributed by atoms with van der Waals surface area (Å²) in [4.78, 5) is 32.3. The topological polar surface area (TPSA) is 130 Å². The molecule has 196 valence electrons. The molecule has 0 atom stereocenters. The van der Waals surface area contributed by atoms with Crippen molar-refractivity contribution in [3.05, 3.63) is 83.9 Å². The number of aromatic nitrogens is 4. The second-order valence-electron chi connectivity index (χ2n) is 8.71. The molecule has 5 rings (SSSR count). The first-order chi connectivity index (χ1) is 19.0. The number of carbonyl (C=O) groups excluding carboxylic acids is 2. The number of rotatable bonds is 9. The number of esters is 2. The summed E-state index contributed by atoms with van der Waals surface area (Å²) in [6, 6.07) is 22.0. The maximum Gasteiger partial charge on any atom is 0.338 e. The van der Waals surface area contributed by atoms with Gasteiger partial charge in [-0.05, 0) is 43.3 Å². The van der Waals surface area contributed by atoms with Crippen molar-refractivity contribution >= 4 is 11.9 Å². The molecule has 0 saturated carbocycles. The van der Waals surface area contributed by atoms with Crippen LogP contribution in [-0.2, 0) is 14.3 Å². The van der Waals surface area contributed by atoms with Crippen LogP contribution in [0.15, 0.2) is 81.8 Å². The normalized spacial score (nSPS) is 10.8. The van der Waals surface area contributed by atoms with Crippen LogP contribution in [0, 0.1) is 6.92 Å². The number of aryl methyl sites for hydroxylation is 1. The minimum Gasteiger partial charge on any atom is -0.466 e. The second kappa shape index (κ2) is 11.5. The van der Waals surface area contributed by atoms with Crippen LogP contribution < -0.4 is 0 Å². The first-order valence-electron chi connectivity index (χ1n) is 12.2. The Kier molecular flexibility index (Phi) is 7.53. The lowest BCUT2D eigenvalue weighted by Crippen LogP contribution is -2.09. The van der Waals surface area contributed by atoms with E-state index in [1.54, 1.807) is 24.3 Å². The van der Waals surface area contributed by atoms with E-state index < -0.39 is 5.97 Å². The van der Waals surface area contributed by atoms with Gasteiger partial charge in [-0.25, -0.2) is 4.79 Å². The molecule has 0 N–H and O–H groups in total. The van der Waals surface area contributed by atoms with Gasteiger partial charge in [0, 0.05) is 35.6 Å². The van der Waals surface area contributed by atoms with E-state index in [0.29, 0.717) is 40.7 Å². The van der Waals surface area contributed by atoms with Crippen LogP contribution in [-0.4, -0.2) is 45.4 Å². The van der Waals surface area contributed by atoms with Crippen molar-refractivity contribution in [1.82, 2.24) is 20.3 Å². The molecule has 0 unspecified atom stereocenters. The summed E-state index contributed by atoms with van der Waals surface area (Å²) in [7, 11) is 0. The molecule has 0 radical (unpaired) electrons. The highest BCUT2D eigenvalue weighted by Gasteiger charge is 2.16. The maximum absolute atomic E-state index is 12.4. The van der Waals surface area contributed by atoms with Gasteiger partial charge in [-0.2, -0.15) is 9.97 Å². The van der Waals surface area contributed by atoms with Crippen molar-refractivity contribution in [1.29, 1.82) is 0 Å². The first kappa shape index (κ1) is 25.5. The predicted molar refractivity (Wildman–Crippen MR) is 140 cm³/mol. The summed E-state index contributed by atoms with van der Waals surface area (Å²) in [5.74, 6) is 0.618. The van der Waals surface area contributed by atoms with E-state index in [2.05, 4.69) is 20.3 Å². The molecule has 3 aromatic carbocycles. The van der Waals surface area contributed by atoms with Gasteiger partial charge in [0.25, 0.3) is 11.8 Å². The Labute approximate surface area is 223 Å². The molecule has 10 nitrogen and oxygen atoms in total. The van der Waals surface area contributed by atoms with Gasteiger partial charge in [-0.3, -0.25) is 4.79 Å². The molecule has 0 fully saturated rings. The van der Waals surface area contributed by atoms with Gasteiger partial charge in [0.1, 0.15) is 0 Å². The van der Waals surface area contributed by atoms with Gasteiger partial charge in [-0.1, -0.05) is 52.3 Å². The Balaban J connectivity index is 1.29. The van der Waals surface area contributed by atoms with Crippen molar-refractivity contribution in [2.75, 3.05) is 13.2 Å². The molecular weight excluding hydrogens is 500 g/mol. The van der Waals surface area contributed by atoms with Crippen LogP contribution in [0.4, 0.5) is 0 Å². The van der Waals surface area contributed by atoms with Crippen LogP contribution in [0.1, 0.15) is 29.3 Å². The standard InChI is InChI=1S/C29H24N4O6/c1-18-7-3-10-22(15-18)27-30-25(32-38-27)20-8-4-9-21(16-20)26-31-28(39-33-26)23-11-5-12-24(17-23)29(35)37-14-6-13-36-19(2)34/h3-5,7-12,15-17H,6,13-14H2,1-2H3. The van der Waals surface area contributed by atoms with Crippen LogP contribution in [0.5, 0.6) is 0 Å². The largest absolute Gasteiger partial charge is 0.466 e. The fourth-order valence-corrected chi connectivity index (χ4v) is 3.79. The van der Waals surface area contributed by atoms with Crippen LogP contribution in [0.25, 0.3) is 45.7 Å². The van der Waals surface area contributed by atoms with Gasteiger partial charge < -0.3 is 18.5 Å². The average molecular weight is 525 g/mol. The lowest BCUT2D eigenvalue weighted by Gasteiger charge is -2.05. The van der Waals surface area contributed by atoms with E-state index in [1.807, 2.05) is 55.5 Å². The smallest absolute Gasteiger partial charge is 0.338 e. The summed E-state index contributed by atoms with van der Waals surface area (Å²) < 4.78 is 21.0. The Bertz CT molecular complexity index is 1620. The summed E-state index contributed by atoms with van der Waals surface area (Å²) in [5, 5.41) is 8.24. The molecule has 39 heavy (non-hydrogen) atoms. The van der Waals surface area contributed by atoms with Gasteiger partial charge in [0.2, 0.25) is 11.6 Å². The number of carbonyl (C=O) groups is 2. The van der Waals surface area contributed by atoms with Crippen molar-refractivity contribution in [3.8, 4) is 45.7 Å². The minimum absolute atomic E-state index is 0.129. The predicted octanol–water partition coefficient (Wildman–Crippen LogP) is 5.54. The van der Waals surface area contributed by atoms with E-state index in [4.69, 9.17) is 18.5 Å². The lowest BCUT2D eigenvalue weighted by molar-refractivity contribution is -0.141. The fourth-order valence-electron chi connectivity index (χ4n) is 3.79. The van der Waals surface area contributed by atoms with E-state index in [-0.39, 0.29) is 25.1 Å². The Morgan fingerprint density at radius 3 is 1.92 bits per heavy atom. The number of ether oxygens (including phenoxy) is 2. The van der Waals surface area contributed by atoms with Crippen LogP contribution in [0.2, 0.25) is 0 Å². The summed E-state index contributed by atoms with van der Waals surface area (Å²) >= 11 is 0. The van der Waals surface area contributed by atoms with Crippen molar-refractivity contribution < 1.29 is 28.1 Å². The zero-order valence-electron chi connectivity index (χ0n) is 21.3. The van der Waals surface area contributed by atoms with Crippen LogP contribution >= 0.6 is 0 Å². The average Bonchev–Trinajstić information content (AvgIpc) is 3.64. The third-order valence-corrected chi connectivity index (χ3v) is 5.67. The van der Waals surface area contributed by atoms with Crippen LogP contribution in [0.3, 0.4) is 0 Å². The minimum atomic E-state index is -0.503. The molecule has 0 aliphatic heterocycles. The molecular formula is C29H24N4O6. The van der Waals surface area contributed by atoms with Crippen molar-refractivity contribution in [2.45, 2.75) is 20.3 Å². The molecule has 0 aliphatic rings. The number of hydrogen-bond acceptors (Lipinski definition) is 10. The van der Waals surface area contributed by atoms with E-state index in [0.717, 1.165) is 16.7 Å². The van der Waals surface area contributed by atoms with E-state index in [9.17, 15) is 9.59 Å². The molecule has 0 saturated heterocycles. The van der Waals surface area contributed by atoms with Gasteiger partial charge in [-0.15, -0.1) is 0 Å². The van der Waals surface area contributed by atoms with E-state index in [1.165, 1.54) is 6.92 Å². The number of benzene rings is 3. The molecule has 2 heterocycles. The maximum atomic E-state index is 12.4. The summed E-state index contributed by atoms with van der Waals surface area (Å²) in [6.07, 6.45) is 0.411. The Hall–Kier alpha value is -5.12. The van der Waals surface area contributed by atoms with Crippen molar-refractivity contribution in [2.24, 2.45) is 0 Å². The van der Waals surface area contributed by atoms with Crippen molar-refractivity contribution in [3.63, 3.8) is 0 Å². The molecule has 0 amide bonds. The number of hydrogen-bond donors (Lipinski definition) is 0. The zero-order chi connectivity index (χ0) is 27.2. The lowest BCUT2D eigenvalue weighted by atomic mass is 10.1. The first-order valence-corrected chi connectivity index (χ1v) is 12.2. The fraction of sp³-hybridized carbons (Fsp3) is 0.172. The highest BCUT2D eigenvalue weighted by molar-refractivity contribution is 5.90. The molecule has 0 spiro atoms. The molecule has 0 bridgehead atoms. The zero-order valence-corrected chi connectivity index (χ0v) is 21.3. The summed E-state index contributed by atoms with van der Waals surface area (Å²) in [6.45, 7) is 3.65. The van der Waals surface area contributed by atoms with E-state index >= 15 is 0 Å². The molecule has 10 heteroatoms. The quantitative estimate of drug-likeness (QED) is 0.179. The molecule has 5 aromatic rings. The molecule has 2 aromatic heterocycles. The van der Waals surface area contributed by atoms with Gasteiger partial charge in [0.15, 0.2) is 0 Å². The third-order valence-electron chi connectivity index (χ3n) is 5.67.